The van der Waals surface area contributed by atoms with E-state index in [1.54, 1.807) is 0 Å². The molecule has 0 saturated heterocycles. The number of nitrogens with one attached hydrogen (secondary N) is 1. The molecule has 1 saturated carbocycles. The van der Waals surface area contributed by atoms with Crippen molar-refractivity contribution < 1.29 is 0 Å². The summed E-state index contributed by atoms with van der Waals surface area (Å²) in [6.45, 7) is 3.29. The Labute approximate surface area is 105 Å². The minimum atomic E-state index is 0.535. The molecule has 2 rings (SSSR count). The van der Waals surface area contributed by atoms with Crippen molar-refractivity contribution in [2.24, 2.45) is 5.41 Å². The third kappa shape index (κ3) is 2.38. The van der Waals surface area contributed by atoms with Gasteiger partial charge in [0.25, 0.3) is 0 Å². The summed E-state index contributed by atoms with van der Waals surface area (Å²) in [5.74, 6) is 0. The summed E-state index contributed by atoms with van der Waals surface area (Å²) in [7, 11) is 0. The van der Waals surface area contributed by atoms with Crippen molar-refractivity contribution in [3.8, 4) is 6.07 Å². The average molecular weight is 279 g/mol. The van der Waals surface area contributed by atoms with Gasteiger partial charge in [-0.1, -0.05) is 6.92 Å². The minimum Gasteiger partial charge on any atom is -0.384 e. The fraction of sp³-hybridized carbons (Fsp3) is 0.462. The van der Waals surface area contributed by atoms with Gasteiger partial charge in [0.2, 0.25) is 0 Å². The Morgan fingerprint density at radius 3 is 2.75 bits per heavy atom. The Morgan fingerprint density at radius 2 is 2.25 bits per heavy atom. The van der Waals surface area contributed by atoms with Gasteiger partial charge in [0.1, 0.15) is 0 Å². The number of benzene rings is 1. The van der Waals surface area contributed by atoms with E-state index in [-0.39, 0.29) is 0 Å². The van der Waals surface area contributed by atoms with E-state index in [9.17, 15) is 0 Å². The van der Waals surface area contributed by atoms with E-state index < -0.39 is 0 Å². The molecule has 0 atom stereocenters. The van der Waals surface area contributed by atoms with Crippen LogP contribution in [0.25, 0.3) is 0 Å². The number of nitriles is 1. The highest BCUT2D eigenvalue weighted by Gasteiger charge is 2.40. The molecule has 84 valence electrons. The lowest BCUT2D eigenvalue weighted by molar-refractivity contribution is 0.521. The Bertz CT molecular complexity index is 430. The normalized spacial score (nSPS) is 16.6. The second kappa shape index (κ2) is 4.47. The van der Waals surface area contributed by atoms with Crippen molar-refractivity contribution in [1.82, 2.24) is 0 Å². The second-order valence-electron chi connectivity index (χ2n) is 4.51. The predicted octanol–water partition coefficient (Wildman–Crippen LogP) is 3.92. The van der Waals surface area contributed by atoms with E-state index in [1.165, 1.54) is 19.3 Å². The molecular formula is C13H15BrN2. The molecule has 0 aliphatic heterocycles. The molecule has 0 amide bonds. The van der Waals surface area contributed by atoms with Gasteiger partial charge in [-0.15, -0.1) is 0 Å². The zero-order valence-corrected chi connectivity index (χ0v) is 11.0. The number of nitrogens with zero attached hydrogens (tertiary/aromatic N) is 1. The van der Waals surface area contributed by atoms with Gasteiger partial charge in [-0.25, -0.2) is 0 Å². The standard InChI is InChI=1S/C13H15BrN2/c1-2-13(5-6-13)9-16-12-4-3-10(8-15)7-11(12)14/h3-4,7,16H,2,5-6,9H2,1H3. The maximum atomic E-state index is 8.77. The van der Waals surface area contributed by atoms with Crippen LogP contribution in [-0.4, -0.2) is 6.54 Å². The monoisotopic (exact) mass is 278 g/mol. The smallest absolute Gasteiger partial charge is 0.0992 e. The summed E-state index contributed by atoms with van der Waals surface area (Å²) in [6.07, 6.45) is 3.92. The first-order chi connectivity index (χ1) is 7.69. The van der Waals surface area contributed by atoms with Crippen LogP contribution in [-0.2, 0) is 0 Å². The maximum Gasteiger partial charge on any atom is 0.0992 e. The van der Waals surface area contributed by atoms with E-state index in [0.29, 0.717) is 11.0 Å². The third-order valence-electron chi connectivity index (χ3n) is 3.46. The van der Waals surface area contributed by atoms with E-state index in [2.05, 4.69) is 34.2 Å². The fourth-order valence-electron chi connectivity index (χ4n) is 1.84. The Balaban J connectivity index is 2.02. The lowest BCUT2D eigenvalue weighted by Gasteiger charge is -2.15. The Morgan fingerprint density at radius 1 is 1.50 bits per heavy atom. The van der Waals surface area contributed by atoms with Crippen LogP contribution in [0.5, 0.6) is 0 Å². The SMILES string of the molecule is CCC1(CNc2ccc(C#N)cc2Br)CC1. The molecule has 0 heterocycles. The third-order valence-corrected chi connectivity index (χ3v) is 4.12. The predicted molar refractivity (Wildman–Crippen MR) is 69.3 cm³/mol. The summed E-state index contributed by atoms with van der Waals surface area (Å²) < 4.78 is 0.971. The number of rotatable bonds is 4. The minimum absolute atomic E-state index is 0.535. The summed E-state index contributed by atoms with van der Waals surface area (Å²) in [4.78, 5) is 0. The van der Waals surface area contributed by atoms with Crippen molar-refractivity contribution in [3.05, 3.63) is 28.2 Å². The first-order valence-electron chi connectivity index (χ1n) is 5.63. The molecule has 1 N–H and O–H groups in total. The summed E-state index contributed by atoms with van der Waals surface area (Å²) in [6, 6.07) is 7.80. The molecule has 0 radical (unpaired) electrons. The fourth-order valence-corrected chi connectivity index (χ4v) is 2.36. The molecule has 0 aromatic heterocycles. The summed E-state index contributed by atoms with van der Waals surface area (Å²) in [5, 5.41) is 12.2. The van der Waals surface area contributed by atoms with Gasteiger partial charge in [-0.2, -0.15) is 5.26 Å². The maximum absolute atomic E-state index is 8.77. The quantitative estimate of drug-likeness (QED) is 0.906. The molecule has 3 heteroatoms. The summed E-state index contributed by atoms with van der Waals surface area (Å²) >= 11 is 3.48. The van der Waals surface area contributed by atoms with E-state index in [0.717, 1.165) is 16.7 Å². The zero-order chi connectivity index (χ0) is 11.6. The van der Waals surface area contributed by atoms with Gasteiger partial charge in [-0.3, -0.25) is 0 Å². The lowest BCUT2D eigenvalue weighted by Crippen LogP contribution is -2.14. The number of halogens is 1. The second-order valence-corrected chi connectivity index (χ2v) is 5.37. The van der Waals surface area contributed by atoms with Gasteiger partial charge < -0.3 is 5.32 Å². The first-order valence-corrected chi connectivity index (χ1v) is 6.42. The molecule has 16 heavy (non-hydrogen) atoms. The van der Waals surface area contributed by atoms with Crippen LogP contribution in [0.15, 0.2) is 22.7 Å². The van der Waals surface area contributed by atoms with Crippen LogP contribution in [0.4, 0.5) is 5.69 Å². The van der Waals surface area contributed by atoms with Gasteiger partial charge in [-0.05, 0) is 58.8 Å². The van der Waals surface area contributed by atoms with Gasteiger partial charge >= 0.3 is 0 Å². The molecule has 0 unspecified atom stereocenters. The largest absolute Gasteiger partial charge is 0.384 e. The highest BCUT2D eigenvalue weighted by molar-refractivity contribution is 9.10. The van der Waals surface area contributed by atoms with Crippen molar-refractivity contribution in [3.63, 3.8) is 0 Å². The van der Waals surface area contributed by atoms with E-state index >= 15 is 0 Å². The first kappa shape index (κ1) is 11.5. The van der Waals surface area contributed by atoms with Gasteiger partial charge in [0.15, 0.2) is 0 Å². The van der Waals surface area contributed by atoms with Crippen LogP contribution in [0.2, 0.25) is 0 Å². The number of hydrogen-bond donors (Lipinski definition) is 1. The molecule has 1 aliphatic carbocycles. The van der Waals surface area contributed by atoms with Crippen LogP contribution in [0.3, 0.4) is 0 Å². The topological polar surface area (TPSA) is 35.8 Å². The van der Waals surface area contributed by atoms with E-state index in [4.69, 9.17) is 5.26 Å². The molecule has 1 aromatic carbocycles. The van der Waals surface area contributed by atoms with Gasteiger partial charge in [0, 0.05) is 16.7 Å². The van der Waals surface area contributed by atoms with Crippen LogP contribution in [0.1, 0.15) is 31.7 Å². The highest BCUT2D eigenvalue weighted by Crippen LogP contribution is 2.48. The Hall–Kier alpha value is -1.01. The molecular weight excluding hydrogens is 264 g/mol. The summed E-state index contributed by atoms with van der Waals surface area (Å²) in [5.41, 5.74) is 2.31. The molecule has 1 fully saturated rings. The van der Waals surface area contributed by atoms with Crippen LogP contribution in [0, 0.1) is 16.7 Å². The average Bonchev–Trinajstić information content (AvgIpc) is 3.08. The zero-order valence-electron chi connectivity index (χ0n) is 9.39. The van der Waals surface area contributed by atoms with Crippen molar-refractivity contribution in [2.75, 3.05) is 11.9 Å². The van der Waals surface area contributed by atoms with Crippen LogP contribution >= 0.6 is 15.9 Å². The molecule has 2 nitrogen and oxygen atoms in total. The van der Waals surface area contributed by atoms with Crippen molar-refractivity contribution in [2.45, 2.75) is 26.2 Å². The Kier molecular flexibility index (Phi) is 3.20. The molecule has 0 bridgehead atoms. The van der Waals surface area contributed by atoms with Crippen molar-refractivity contribution in [1.29, 1.82) is 5.26 Å². The van der Waals surface area contributed by atoms with Gasteiger partial charge in [0.05, 0.1) is 11.6 Å². The van der Waals surface area contributed by atoms with Crippen molar-refractivity contribution >= 4 is 21.6 Å². The lowest BCUT2D eigenvalue weighted by atomic mass is 10.0. The highest BCUT2D eigenvalue weighted by atomic mass is 79.9. The molecule has 0 spiro atoms. The molecule has 1 aliphatic rings. The number of anilines is 1. The van der Waals surface area contributed by atoms with E-state index in [1.807, 2.05) is 18.2 Å². The van der Waals surface area contributed by atoms with Crippen LogP contribution < -0.4 is 5.32 Å². The number of hydrogen-bond acceptors (Lipinski definition) is 2. The molecule has 1 aromatic rings.